The average molecular weight is 369 g/mol. The van der Waals surface area contributed by atoms with E-state index >= 15 is 0 Å². The van der Waals surface area contributed by atoms with Crippen molar-refractivity contribution in [3.63, 3.8) is 0 Å². The Bertz CT molecular complexity index is 774. The zero-order valence-corrected chi connectivity index (χ0v) is 15.5. The molecule has 0 aliphatic carbocycles. The molecule has 0 radical (unpaired) electrons. The molecule has 1 aromatic carbocycles. The van der Waals surface area contributed by atoms with Crippen molar-refractivity contribution < 1.29 is 9.59 Å². The summed E-state index contributed by atoms with van der Waals surface area (Å²) in [5, 5.41) is 2.06. The van der Waals surface area contributed by atoms with Gasteiger partial charge in [0.05, 0.1) is 0 Å². The van der Waals surface area contributed by atoms with Crippen molar-refractivity contribution in [2.24, 2.45) is 11.7 Å². The van der Waals surface area contributed by atoms with Gasteiger partial charge in [-0.25, -0.2) is 0 Å². The van der Waals surface area contributed by atoms with Crippen molar-refractivity contribution in [2.75, 3.05) is 26.2 Å². The van der Waals surface area contributed by atoms with Crippen LogP contribution >= 0.6 is 11.3 Å². The molecular formula is C20H23N3O2S. The molecule has 0 bridgehead atoms. The summed E-state index contributed by atoms with van der Waals surface area (Å²) in [6.07, 6.45) is 1.67. The molecule has 5 nitrogen and oxygen atoms in total. The first-order valence-electron chi connectivity index (χ1n) is 9.08. The summed E-state index contributed by atoms with van der Waals surface area (Å²) >= 11 is 1.70. The third kappa shape index (κ3) is 3.39. The smallest absolute Gasteiger partial charge is 0.253 e. The predicted molar refractivity (Wildman–Crippen MR) is 103 cm³/mol. The van der Waals surface area contributed by atoms with Crippen LogP contribution in [0.5, 0.6) is 0 Å². The number of thiophene rings is 1. The predicted octanol–water partition coefficient (Wildman–Crippen LogP) is 2.44. The molecule has 6 heteroatoms. The molecule has 2 amide bonds. The highest BCUT2D eigenvalue weighted by Crippen LogP contribution is 2.27. The highest BCUT2D eigenvalue weighted by molar-refractivity contribution is 7.13. The standard InChI is InChI=1S/C20H23N3O2S/c21-19(24)15-7-9-22(10-8-15)17-12-23(13-17)20(25)16-5-3-14(4-6-16)18-2-1-11-26-18/h1-6,11,15,17H,7-10,12-13H2,(H2,21,24). The Labute approximate surface area is 157 Å². The molecule has 26 heavy (non-hydrogen) atoms. The Balaban J connectivity index is 1.30. The first kappa shape index (κ1) is 17.2. The molecule has 0 atom stereocenters. The number of carbonyl (C=O) groups excluding carboxylic acids is 2. The highest BCUT2D eigenvalue weighted by atomic mass is 32.1. The maximum atomic E-state index is 12.6. The van der Waals surface area contributed by atoms with Gasteiger partial charge >= 0.3 is 0 Å². The molecule has 2 N–H and O–H groups in total. The highest BCUT2D eigenvalue weighted by Gasteiger charge is 2.37. The van der Waals surface area contributed by atoms with Crippen molar-refractivity contribution in [2.45, 2.75) is 18.9 Å². The van der Waals surface area contributed by atoms with Crippen molar-refractivity contribution in [1.29, 1.82) is 0 Å². The molecule has 2 aromatic rings. The van der Waals surface area contributed by atoms with Gasteiger partial charge in [-0.15, -0.1) is 11.3 Å². The van der Waals surface area contributed by atoms with Gasteiger partial charge in [0.25, 0.3) is 5.91 Å². The minimum atomic E-state index is -0.180. The van der Waals surface area contributed by atoms with Crippen LogP contribution in [0.2, 0.25) is 0 Å². The number of rotatable bonds is 4. The maximum absolute atomic E-state index is 12.6. The molecule has 2 fully saturated rings. The molecule has 1 aromatic heterocycles. The van der Waals surface area contributed by atoms with E-state index in [2.05, 4.69) is 16.3 Å². The number of nitrogens with two attached hydrogens (primary N) is 1. The number of benzene rings is 1. The van der Waals surface area contributed by atoms with E-state index < -0.39 is 0 Å². The van der Waals surface area contributed by atoms with Gasteiger partial charge in [0.1, 0.15) is 0 Å². The van der Waals surface area contributed by atoms with E-state index in [1.54, 1.807) is 11.3 Å². The number of primary amides is 1. The lowest BCUT2D eigenvalue weighted by Gasteiger charge is -2.47. The van der Waals surface area contributed by atoms with E-state index in [-0.39, 0.29) is 17.7 Å². The van der Waals surface area contributed by atoms with Crippen LogP contribution in [0.15, 0.2) is 41.8 Å². The summed E-state index contributed by atoms with van der Waals surface area (Å²) < 4.78 is 0. The molecule has 2 aliphatic heterocycles. The van der Waals surface area contributed by atoms with Gasteiger partial charge in [-0.05, 0) is 55.1 Å². The fourth-order valence-corrected chi connectivity index (χ4v) is 4.54. The lowest BCUT2D eigenvalue weighted by molar-refractivity contribution is -0.123. The summed E-state index contributed by atoms with van der Waals surface area (Å²) in [6, 6.07) is 12.4. The Morgan fingerprint density at radius 1 is 1.04 bits per heavy atom. The quantitative estimate of drug-likeness (QED) is 0.900. The monoisotopic (exact) mass is 369 g/mol. The minimum Gasteiger partial charge on any atom is -0.369 e. The first-order chi connectivity index (χ1) is 12.6. The van der Waals surface area contributed by atoms with E-state index in [0.29, 0.717) is 6.04 Å². The number of likely N-dealkylation sites (tertiary alicyclic amines) is 2. The normalized spacial score (nSPS) is 19.3. The second-order valence-electron chi connectivity index (χ2n) is 7.13. The van der Waals surface area contributed by atoms with E-state index in [1.807, 2.05) is 35.2 Å². The van der Waals surface area contributed by atoms with E-state index in [1.165, 1.54) is 4.88 Å². The summed E-state index contributed by atoms with van der Waals surface area (Å²) in [5.41, 5.74) is 7.29. The van der Waals surface area contributed by atoms with Crippen LogP contribution in [0.4, 0.5) is 0 Å². The number of nitrogens with zero attached hydrogens (tertiary/aromatic N) is 2. The van der Waals surface area contributed by atoms with Crippen molar-refractivity contribution >= 4 is 23.2 Å². The van der Waals surface area contributed by atoms with Gasteiger partial charge in [-0.3, -0.25) is 14.5 Å². The molecule has 2 saturated heterocycles. The average Bonchev–Trinajstić information content (AvgIpc) is 3.15. The summed E-state index contributed by atoms with van der Waals surface area (Å²) in [6.45, 7) is 3.34. The van der Waals surface area contributed by atoms with Gasteiger partial charge in [0.2, 0.25) is 5.91 Å². The number of piperidine rings is 1. The fourth-order valence-electron chi connectivity index (χ4n) is 3.80. The number of hydrogen-bond acceptors (Lipinski definition) is 4. The topological polar surface area (TPSA) is 66.6 Å². The number of amides is 2. The Hall–Kier alpha value is -2.18. The molecule has 4 rings (SSSR count). The van der Waals surface area contributed by atoms with Crippen molar-refractivity contribution in [3.05, 3.63) is 47.3 Å². The van der Waals surface area contributed by atoms with Crippen LogP contribution < -0.4 is 5.73 Å². The third-order valence-electron chi connectivity index (χ3n) is 5.54. The zero-order valence-electron chi connectivity index (χ0n) is 14.6. The molecule has 136 valence electrons. The second-order valence-corrected chi connectivity index (χ2v) is 8.08. The summed E-state index contributed by atoms with van der Waals surface area (Å²) in [5.74, 6) is -0.0574. The Morgan fingerprint density at radius 2 is 1.73 bits per heavy atom. The summed E-state index contributed by atoms with van der Waals surface area (Å²) in [4.78, 5) is 29.4. The zero-order chi connectivity index (χ0) is 18.1. The van der Waals surface area contributed by atoms with Gasteiger partial charge in [-0.1, -0.05) is 18.2 Å². The van der Waals surface area contributed by atoms with Crippen LogP contribution in [0, 0.1) is 5.92 Å². The molecule has 0 spiro atoms. The first-order valence-corrected chi connectivity index (χ1v) is 9.96. The van der Waals surface area contributed by atoms with Gasteiger partial charge in [-0.2, -0.15) is 0 Å². The van der Waals surface area contributed by atoms with Crippen LogP contribution in [0.1, 0.15) is 23.2 Å². The van der Waals surface area contributed by atoms with Gasteiger partial charge in [0, 0.05) is 35.5 Å². The van der Waals surface area contributed by atoms with Crippen LogP contribution in [-0.2, 0) is 4.79 Å². The molecular weight excluding hydrogens is 346 g/mol. The van der Waals surface area contributed by atoms with E-state index in [9.17, 15) is 9.59 Å². The van der Waals surface area contributed by atoms with Crippen LogP contribution in [-0.4, -0.2) is 53.8 Å². The van der Waals surface area contributed by atoms with Crippen LogP contribution in [0.3, 0.4) is 0 Å². The van der Waals surface area contributed by atoms with Gasteiger partial charge < -0.3 is 10.6 Å². The molecule has 0 saturated carbocycles. The summed E-state index contributed by atoms with van der Waals surface area (Å²) in [7, 11) is 0. The molecule has 3 heterocycles. The minimum absolute atomic E-state index is 0.0194. The third-order valence-corrected chi connectivity index (χ3v) is 6.45. The number of carbonyl (C=O) groups is 2. The Morgan fingerprint density at radius 3 is 2.31 bits per heavy atom. The lowest BCUT2D eigenvalue weighted by atomic mass is 9.93. The second kappa shape index (κ2) is 7.21. The molecule has 0 unspecified atom stereocenters. The van der Waals surface area contributed by atoms with Crippen LogP contribution in [0.25, 0.3) is 10.4 Å². The van der Waals surface area contributed by atoms with E-state index in [0.717, 1.165) is 50.1 Å². The fraction of sp³-hybridized carbons (Fsp3) is 0.400. The Kier molecular flexibility index (Phi) is 4.78. The number of hydrogen-bond donors (Lipinski definition) is 1. The van der Waals surface area contributed by atoms with Gasteiger partial charge in [0.15, 0.2) is 0 Å². The van der Waals surface area contributed by atoms with E-state index in [4.69, 9.17) is 5.73 Å². The molecule has 2 aliphatic rings. The maximum Gasteiger partial charge on any atom is 0.253 e. The SMILES string of the molecule is NC(=O)C1CCN(C2CN(C(=O)c3ccc(-c4cccs4)cc3)C2)CC1. The van der Waals surface area contributed by atoms with Crippen molar-refractivity contribution in [3.8, 4) is 10.4 Å². The largest absolute Gasteiger partial charge is 0.369 e. The lowest BCUT2D eigenvalue weighted by Crippen LogP contribution is -2.62. The van der Waals surface area contributed by atoms with Crippen molar-refractivity contribution in [1.82, 2.24) is 9.80 Å².